The fourth-order valence-corrected chi connectivity index (χ4v) is 5.69. The van der Waals surface area contributed by atoms with Gasteiger partial charge in [0.25, 0.3) is 0 Å². The minimum atomic E-state index is -2.12. The lowest BCUT2D eigenvalue weighted by Crippen LogP contribution is -2.51. The van der Waals surface area contributed by atoms with Crippen LogP contribution in [0.2, 0.25) is 10.0 Å². The summed E-state index contributed by atoms with van der Waals surface area (Å²) in [5.74, 6) is -4.90. The zero-order chi connectivity index (χ0) is 23.8. The first-order chi connectivity index (χ1) is 16.4. The second kappa shape index (κ2) is 7.34. The Bertz CT molecular complexity index is 1380. The van der Waals surface area contributed by atoms with Gasteiger partial charge in [0, 0.05) is 16.1 Å². The van der Waals surface area contributed by atoms with Gasteiger partial charge in [0.15, 0.2) is 0 Å². The van der Waals surface area contributed by atoms with E-state index in [1.165, 1.54) is 12.1 Å². The highest BCUT2D eigenvalue weighted by atomic mass is 35.5. The van der Waals surface area contributed by atoms with Gasteiger partial charge in [-0.1, -0.05) is 71.7 Å². The Morgan fingerprint density at radius 1 is 0.735 bits per heavy atom. The first-order valence-corrected chi connectivity index (χ1v) is 11.4. The number of carbonyl (C=O) groups is 4. The zero-order valence-electron chi connectivity index (χ0n) is 17.4. The van der Waals surface area contributed by atoms with E-state index < -0.39 is 46.9 Å². The third kappa shape index (κ3) is 2.61. The number of ketones is 2. The number of fused-ring (bicyclic) bond motifs is 3. The number of imide groups is 1. The van der Waals surface area contributed by atoms with E-state index in [-0.39, 0.29) is 21.8 Å². The molecule has 34 heavy (non-hydrogen) atoms. The second-order valence-corrected chi connectivity index (χ2v) is 9.34. The number of ether oxygens (including phenoxy) is 1. The van der Waals surface area contributed by atoms with Crippen molar-refractivity contribution in [2.75, 3.05) is 4.90 Å². The summed E-state index contributed by atoms with van der Waals surface area (Å²) in [7, 11) is 0. The highest BCUT2D eigenvalue weighted by molar-refractivity contribution is 6.39. The summed E-state index contributed by atoms with van der Waals surface area (Å²) in [5, 5.41) is 0.675. The Labute approximate surface area is 204 Å². The van der Waals surface area contributed by atoms with Crippen LogP contribution >= 0.6 is 23.2 Å². The van der Waals surface area contributed by atoms with Gasteiger partial charge in [0.1, 0.15) is 0 Å². The SMILES string of the molecule is O=C1C2C(c3ccc(Cl)cc3)OC3(C(=O)c4ccccc4C3=O)C2C(=O)N1c1ccccc1Cl. The number of nitrogens with zero attached hydrogens (tertiary/aromatic N) is 1. The van der Waals surface area contributed by atoms with Crippen molar-refractivity contribution in [3.05, 3.63) is 99.5 Å². The van der Waals surface area contributed by atoms with E-state index in [0.29, 0.717) is 10.6 Å². The van der Waals surface area contributed by atoms with Gasteiger partial charge in [0.05, 0.1) is 28.6 Å². The molecule has 6 nitrogen and oxygen atoms in total. The fourth-order valence-electron chi connectivity index (χ4n) is 5.34. The molecule has 2 amide bonds. The lowest BCUT2D eigenvalue weighted by atomic mass is 9.77. The fraction of sp³-hybridized carbons (Fsp3) is 0.154. The van der Waals surface area contributed by atoms with Crippen molar-refractivity contribution in [3.63, 3.8) is 0 Å². The molecule has 3 atom stereocenters. The normalized spacial score (nSPS) is 24.8. The number of hydrogen-bond donors (Lipinski definition) is 0. The minimum absolute atomic E-state index is 0.180. The van der Waals surface area contributed by atoms with E-state index in [1.807, 2.05) is 0 Å². The summed E-state index contributed by atoms with van der Waals surface area (Å²) >= 11 is 12.4. The summed E-state index contributed by atoms with van der Waals surface area (Å²) in [6.07, 6.45) is -1.01. The third-order valence-corrected chi connectivity index (χ3v) is 7.38. The molecule has 3 unspecified atom stereocenters. The molecular weight excluding hydrogens is 477 g/mol. The standard InChI is InChI=1S/C26H15Cl2NO5/c27-14-11-9-13(10-12-14)21-19-20(25(33)29(24(19)32)18-8-4-3-7-17(18)28)26(34-21)22(30)15-5-1-2-6-16(15)23(26)31/h1-12,19-21H. The van der Waals surface area contributed by atoms with E-state index in [0.717, 1.165) is 4.90 Å². The number of rotatable bonds is 2. The van der Waals surface area contributed by atoms with Crippen LogP contribution in [0.4, 0.5) is 5.69 Å². The topological polar surface area (TPSA) is 80.8 Å². The molecule has 3 aliphatic rings. The lowest BCUT2D eigenvalue weighted by molar-refractivity contribution is -0.127. The molecule has 8 heteroatoms. The third-order valence-electron chi connectivity index (χ3n) is 6.81. The van der Waals surface area contributed by atoms with Crippen LogP contribution in [0.15, 0.2) is 72.8 Å². The van der Waals surface area contributed by atoms with Gasteiger partial charge in [0.2, 0.25) is 29.0 Å². The number of halogens is 2. The summed E-state index contributed by atoms with van der Waals surface area (Å²) in [6, 6.07) is 19.4. The summed E-state index contributed by atoms with van der Waals surface area (Å²) in [6.45, 7) is 0. The first-order valence-electron chi connectivity index (χ1n) is 10.6. The number of benzene rings is 3. The molecule has 2 saturated heterocycles. The molecule has 1 spiro atoms. The van der Waals surface area contributed by atoms with Crippen LogP contribution in [0.1, 0.15) is 32.4 Å². The van der Waals surface area contributed by atoms with Crippen LogP contribution in [0.5, 0.6) is 0 Å². The predicted octanol–water partition coefficient (Wildman–Crippen LogP) is 4.69. The van der Waals surface area contributed by atoms with Crippen LogP contribution in [0, 0.1) is 11.8 Å². The monoisotopic (exact) mass is 491 g/mol. The molecule has 168 valence electrons. The Morgan fingerprint density at radius 2 is 1.32 bits per heavy atom. The van der Waals surface area contributed by atoms with Crippen molar-refractivity contribution < 1.29 is 23.9 Å². The van der Waals surface area contributed by atoms with E-state index in [2.05, 4.69) is 0 Å². The van der Waals surface area contributed by atoms with Gasteiger partial charge in [-0.3, -0.25) is 19.2 Å². The Kier molecular flexibility index (Phi) is 4.58. The van der Waals surface area contributed by atoms with Crippen molar-refractivity contribution in [2.24, 2.45) is 11.8 Å². The maximum absolute atomic E-state index is 13.8. The molecular formula is C26H15Cl2NO5. The average Bonchev–Trinajstić information content (AvgIpc) is 3.40. The van der Waals surface area contributed by atoms with Gasteiger partial charge < -0.3 is 4.74 Å². The predicted molar refractivity (Wildman–Crippen MR) is 124 cm³/mol. The summed E-state index contributed by atoms with van der Waals surface area (Å²) in [5.41, 5.74) is -1.02. The molecule has 1 aliphatic carbocycles. The molecule has 0 saturated carbocycles. The Balaban J connectivity index is 1.56. The van der Waals surface area contributed by atoms with Crippen LogP contribution in [-0.2, 0) is 14.3 Å². The van der Waals surface area contributed by atoms with Crippen molar-refractivity contribution in [1.29, 1.82) is 0 Å². The Hall–Kier alpha value is -3.32. The van der Waals surface area contributed by atoms with E-state index in [9.17, 15) is 19.2 Å². The van der Waals surface area contributed by atoms with Gasteiger partial charge in [-0.05, 0) is 29.8 Å². The number of Topliss-reactive ketones (excluding diaryl/α,β-unsaturated/α-hetero) is 2. The van der Waals surface area contributed by atoms with Crippen molar-refractivity contribution in [2.45, 2.75) is 11.7 Å². The van der Waals surface area contributed by atoms with Crippen molar-refractivity contribution in [3.8, 4) is 0 Å². The molecule has 2 fully saturated rings. The van der Waals surface area contributed by atoms with Gasteiger partial charge in [-0.15, -0.1) is 0 Å². The maximum Gasteiger partial charge on any atom is 0.241 e. The zero-order valence-corrected chi connectivity index (χ0v) is 18.9. The molecule has 0 radical (unpaired) electrons. The molecule has 3 aromatic carbocycles. The van der Waals surface area contributed by atoms with Crippen LogP contribution < -0.4 is 4.90 Å². The molecule has 0 bridgehead atoms. The van der Waals surface area contributed by atoms with Crippen molar-refractivity contribution in [1.82, 2.24) is 0 Å². The van der Waals surface area contributed by atoms with E-state index in [1.54, 1.807) is 60.7 Å². The molecule has 0 N–H and O–H groups in total. The van der Waals surface area contributed by atoms with Crippen LogP contribution in [-0.4, -0.2) is 29.0 Å². The molecule has 6 rings (SSSR count). The number of amides is 2. The number of para-hydroxylation sites is 1. The maximum atomic E-state index is 13.8. The minimum Gasteiger partial charge on any atom is -0.349 e. The summed E-state index contributed by atoms with van der Waals surface area (Å²) in [4.78, 5) is 55.9. The molecule has 0 aromatic heterocycles. The first kappa shape index (κ1) is 21.2. The largest absolute Gasteiger partial charge is 0.349 e. The molecule has 2 aliphatic heterocycles. The highest BCUT2D eigenvalue weighted by Gasteiger charge is 2.74. The van der Waals surface area contributed by atoms with Crippen LogP contribution in [0.3, 0.4) is 0 Å². The number of anilines is 1. The van der Waals surface area contributed by atoms with Crippen LogP contribution in [0.25, 0.3) is 0 Å². The van der Waals surface area contributed by atoms with E-state index >= 15 is 0 Å². The average molecular weight is 492 g/mol. The number of hydrogen-bond acceptors (Lipinski definition) is 5. The second-order valence-electron chi connectivity index (χ2n) is 8.50. The highest BCUT2D eigenvalue weighted by Crippen LogP contribution is 2.58. The smallest absolute Gasteiger partial charge is 0.241 e. The Morgan fingerprint density at radius 3 is 1.94 bits per heavy atom. The summed E-state index contributed by atoms with van der Waals surface area (Å²) < 4.78 is 6.22. The molecule has 2 heterocycles. The molecule has 3 aromatic rings. The van der Waals surface area contributed by atoms with Crippen molar-refractivity contribution >= 4 is 52.3 Å². The van der Waals surface area contributed by atoms with Gasteiger partial charge in [-0.25, -0.2) is 4.90 Å². The quantitative estimate of drug-likeness (QED) is 0.383. The number of carbonyl (C=O) groups excluding carboxylic acids is 4. The van der Waals surface area contributed by atoms with E-state index in [4.69, 9.17) is 27.9 Å². The van der Waals surface area contributed by atoms with Gasteiger partial charge >= 0.3 is 0 Å². The lowest BCUT2D eigenvalue weighted by Gasteiger charge is -2.27. The van der Waals surface area contributed by atoms with Gasteiger partial charge in [-0.2, -0.15) is 0 Å².